The first kappa shape index (κ1) is 36.7. The van der Waals surface area contributed by atoms with Crippen LogP contribution in [0.3, 0.4) is 0 Å². The van der Waals surface area contributed by atoms with E-state index in [-0.39, 0.29) is 6.61 Å². The number of halogens is 3. The summed E-state index contributed by atoms with van der Waals surface area (Å²) in [5.41, 5.74) is 0. The zero-order valence-corrected chi connectivity index (χ0v) is 26.0. The highest BCUT2D eigenvalue weighted by atomic mass is 35.6. The Labute approximate surface area is 260 Å². The van der Waals surface area contributed by atoms with Gasteiger partial charge in [-0.25, -0.2) is 4.79 Å². The second-order valence-corrected chi connectivity index (χ2v) is 11.4. The number of esters is 6. The van der Waals surface area contributed by atoms with Gasteiger partial charge in [0.2, 0.25) is 0 Å². The van der Waals surface area contributed by atoms with Crippen LogP contribution in [0.5, 0.6) is 0 Å². The van der Waals surface area contributed by atoms with Crippen LogP contribution in [0.2, 0.25) is 0 Å². The van der Waals surface area contributed by atoms with Crippen LogP contribution in [0.25, 0.3) is 0 Å². The minimum atomic E-state index is -2.65. The van der Waals surface area contributed by atoms with Crippen LogP contribution in [0.4, 0.5) is 0 Å². The maximum absolute atomic E-state index is 12.7. The molecule has 244 valence electrons. The molecule has 0 spiro atoms. The first-order valence-electron chi connectivity index (χ1n) is 12.5. The number of ether oxygens (including phenoxy) is 10. The fourth-order valence-electron chi connectivity index (χ4n) is 4.19. The Morgan fingerprint density at radius 2 is 1.21 bits per heavy atom. The molecule has 2 aliphatic heterocycles. The van der Waals surface area contributed by atoms with Gasteiger partial charge in [0, 0.05) is 41.7 Å². The average molecular weight is 682 g/mol. The lowest BCUT2D eigenvalue weighted by atomic mass is 9.97. The van der Waals surface area contributed by atoms with Crippen LogP contribution in [-0.4, -0.2) is 115 Å². The molecule has 0 unspecified atom stereocenters. The van der Waals surface area contributed by atoms with Gasteiger partial charge in [-0.1, -0.05) is 34.8 Å². The number of carbonyl (C=O) groups is 6. The standard InChI is InChI=1S/C24H31Cl3O16/c1-9(28)35-7-15-16(38-11(3)30)18(40-13(5)32)20(43-23(33)24(25,26)27)22(41-15)42-19-17(39-12(4)31)14(37-10(2)29)8-36-21(19)34-6/h14-22H,7-8H2,1-6H3/t14-,15-,16+,17+,18+,19-,20-,21-,22-/m1/s1. The van der Waals surface area contributed by atoms with Crippen LogP contribution in [0, 0.1) is 0 Å². The molecule has 0 aromatic carbocycles. The largest absolute Gasteiger partial charge is 0.463 e. The molecule has 2 heterocycles. The molecular formula is C24H31Cl3O16. The highest BCUT2D eigenvalue weighted by Gasteiger charge is 2.57. The van der Waals surface area contributed by atoms with E-state index in [1.54, 1.807) is 0 Å². The van der Waals surface area contributed by atoms with Crippen molar-refractivity contribution >= 4 is 70.6 Å². The SMILES string of the molecule is CO[C@@H]1OC[C@@H](OC(C)=O)[C@H](OC(C)=O)[C@H]1O[C@H]1O[C@H](COC(C)=O)[C@H](OC(C)=O)[C@H](OC(C)=O)[C@H]1OC(=O)C(Cl)(Cl)Cl. The summed E-state index contributed by atoms with van der Waals surface area (Å²) in [6.45, 7) is 4.45. The smallest absolute Gasteiger partial charge is 0.359 e. The van der Waals surface area contributed by atoms with E-state index in [0.29, 0.717) is 0 Å². The van der Waals surface area contributed by atoms with Crippen LogP contribution in [0.15, 0.2) is 0 Å². The topological polar surface area (TPSA) is 195 Å². The van der Waals surface area contributed by atoms with Crippen LogP contribution >= 0.6 is 34.8 Å². The van der Waals surface area contributed by atoms with Crippen LogP contribution in [-0.2, 0) is 76.1 Å². The van der Waals surface area contributed by atoms with Gasteiger partial charge in [-0.15, -0.1) is 0 Å². The molecule has 2 rings (SSSR count). The van der Waals surface area contributed by atoms with Gasteiger partial charge in [-0.05, 0) is 0 Å². The number of methoxy groups -OCH3 is 1. The van der Waals surface area contributed by atoms with Gasteiger partial charge in [0.15, 0.2) is 49.2 Å². The molecule has 43 heavy (non-hydrogen) atoms. The lowest BCUT2D eigenvalue weighted by molar-refractivity contribution is -0.356. The summed E-state index contributed by atoms with van der Waals surface area (Å²) in [4.78, 5) is 72.3. The first-order valence-corrected chi connectivity index (χ1v) is 13.6. The number of rotatable bonds is 10. The van der Waals surface area contributed by atoms with E-state index in [4.69, 9.17) is 82.2 Å². The third kappa shape index (κ3) is 10.9. The molecule has 0 N–H and O–H groups in total. The summed E-state index contributed by atoms with van der Waals surface area (Å²) >= 11 is 17.1. The summed E-state index contributed by atoms with van der Waals surface area (Å²) in [5, 5.41) is 0. The van der Waals surface area contributed by atoms with E-state index in [2.05, 4.69) is 0 Å². The summed E-state index contributed by atoms with van der Waals surface area (Å²) in [5.74, 6) is -5.61. The fourth-order valence-corrected chi connectivity index (χ4v) is 4.32. The molecule has 16 nitrogen and oxygen atoms in total. The van der Waals surface area contributed by atoms with Crippen molar-refractivity contribution in [1.29, 1.82) is 0 Å². The van der Waals surface area contributed by atoms with Crippen molar-refractivity contribution in [1.82, 2.24) is 0 Å². The number of carbonyl (C=O) groups excluding carboxylic acids is 6. The minimum Gasteiger partial charge on any atom is -0.463 e. The molecular weight excluding hydrogens is 651 g/mol. The Kier molecular flexibility index (Phi) is 13.7. The second-order valence-electron chi connectivity index (χ2n) is 9.12. The van der Waals surface area contributed by atoms with E-state index in [0.717, 1.165) is 34.6 Å². The van der Waals surface area contributed by atoms with E-state index >= 15 is 0 Å². The normalized spacial score (nSPS) is 30.8. The average Bonchev–Trinajstić information content (AvgIpc) is 2.86. The van der Waals surface area contributed by atoms with Crippen molar-refractivity contribution in [3.63, 3.8) is 0 Å². The number of alkyl halides is 3. The molecule has 19 heteroatoms. The van der Waals surface area contributed by atoms with Gasteiger partial charge in [0.1, 0.15) is 12.7 Å². The zero-order valence-electron chi connectivity index (χ0n) is 23.8. The predicted molar refractivity (Wildman–Crippen MR) is 139 cm³/mol. The van der Waals surface area contributed by atoms with E-state index in [1.807, 2.05) is 0 Å². The lowest BCUT2D eigenvalue weighted by Gasteiger charge is -2.47. The van der Waals surface area contributed by atoms with Gasteiger partial charge in [-0.2, -0.15) is 0 Å². The van der Waals surface area contributed by atoms with Crippen LogP contribution < -0.4 is 0 Å². The molecule has 0 saturated carbocycles. The van der Waals surface area contributed by atoms with Crippen molar-refractivity contribution in [2.24, 2.45) is 0 Å². The molecule has 0 amide bonds. The maximum atomic E-state index is 12.7. The molecule has 0 aromatic heterocycles. The monoisotopic (exact) mass is 680 g/mol. The summed E-state index contributed by atoms with van der Waals surface area (Å²) < 4.78 is 51.9. The molecule has 0 bridgehead atoms. The third-order valence-electron chi connectivity index (χ3n) is 5.65. The Bertz CT molecular complexity index is 1050. The predicted octanol–water partition coefficient (Wildman–Crippen LogP) is 0.671. The minimum absolute atomic E-state index is 0.285. The Balaban J connectivity index is 2.65. The van der Waals surface area contributed by atoms with E-state index < -0.39 is 102 Å². The Hall–Kier alpha value is -2.47. The van der Waals surface area contributed by atoms with Gasteiger partial charge < -0.3 is 47.4 Å². The zero-order chi connectivity index (χ0) is 32.6. The number of hydrogen-bond acceptors (Lipinski definition) is 16. The highest BCUT2D eigenvalue weighted by Crippen LogP contribution is 2.36. The lowest BCUT2D eigenvalue weighted by Crippen LogP contribution is -2.66. The Morgan fingerprint density at radius 1 is 0.674 bits per heavy atom. The van der Waals surface area contributed by atoms with Crippen molar-refractivity contribution in [2.75, 3.05) is 20.3 Å². The van der Waals surface area contributed by atoms with E-state index in [1.165, 1.54) is 7.11 Å². The molecule has 0 aliphatic carbocycles. The molecule has 2 fully saturated rings. The summed E-state index contributed by atoms with van der Waals surface area (Å²) in [6, 6.07) is 0. The van der Waals surface area contributed by atoms with Crippen molar-refractivity contribution < 1.29 is 76.1 Å². The number of hydrogen-bond donors (Lipinski definition) is 0. The van der Waals surface area contributed by atoms with Crippen LogP contribution in [0.1, 0.15) is 34.6 Å². The maximum Gasteiger partial charge on any atom is 0.359 e. The molecule has 0 aromatic rings. The van der Waals surface area contributed by atoms with Gasteiger partial charge in [-0.3, -0.25) is 24.0 Å². The third-order valence-corrected chi connectivity index (χ3v) is 6.11. The molecule has 9 atom stereocenters. The molecule has 0 radical (unpaired) electrons. The Morgan fingerprint density at radius 3 is 1.70 bits per heavy atom. The van der Waals surface area contributed by atoms with Gasteiger partial charge >= 0.3 is 35.8 Å². The summed E-state index contributed by atoms with van der Waals surface area (Å²) in [7, 11) is 1.22. The first-order chi connectivity index (χ1) is 19.9. The van der Waals surface area contributed by atoms with Gasteiger partial charge in [0.25, 0.3) is 3.79 Å². The van der Waals surface area contributed by atoms with E-state index in [9.17, 15) is 28.8 Å². The van der Waals surface area contributed by atoms with Gasteiger partial charge in [0.05, 0.1) is 6.61 Å². The second kappa shape index (κ2) is 16.0. The quantitative estimate of drug-likeness (QED) is 0.177. The van der Waals surface area contributed by atoms with Crippen molar-refractivity contribution in [2.45, 2.75) is 93.7 Å². The van der Waals surface area contributed by atoms with Crippen molar-refractivity contribution in [3.8, 4) is 0 Å². The summed E-state index contributed by atoms with van der Waals surface area (Å²) in [6.07, 6.45) is -13.8. The van der Waals surface area contributed by atoms with Crippen molar-refractivity contribution in [3.05, 3.63) is 0 Å². The molecule has 2 aliphatic rings. The fraction of sp³-hybridized carbons (Fsp3) is 0.750. The molecule has 2 saturated heterocycles. The highest BCUT2D eigenvalue weighted by molar-refractivity contribution is 6.75.